The molecule has 0 saturated carbocycles. The van der Waals surface area contributed by atoms with E-state index < -0.39 is 6.10 Å². The fourth-order valence-electron chi connectivity index (χ4n) is 1.53. The largest absolute Gasteiger partial charge is 0.493 e. The monoisotopic (exact) mass is 198 g/mol. The first-order valence-corrected chi connectivity index (χ1v) is 4.75. The van der Waals surface area contributed by atoms with Crippen molar-refractivity contribution in [2.75, 3.05) is 6.61 Å². The summed E-state index contributed by atoms with van der Waals surface area (Å²) in [7, 11) is 0. The summed E-state index contributed by atoms with van der Waals surface area (Å²) < 4.78 is 5.46. The van der Waals surface area contributed by atoms with Crippen molar-refractivity contribution in [2.45, 2.75) is 18.9 Å². The molecule has 1 aliphatic rings. The molecule has 3 heteroatoms. The van der Waals surface area contributed by atoms with Crippen molar-refractivity contribution >= 4 is 11.6 Å². The van der Waals surface area contributed by atoms with Gasteiger partial charge in [-0.3, -0.25) is 0 Å². The summed E-state index contributed by atoms with van der Waals surface area (Å²) >= 11 is 5.83. The summed E-state index contributed by atoms with van der Waals surface area (Å²) in [5.74, 6) is 0.759. The van der Waals surface area contributed by atoms with E-state index in [9.17, 15) is 5.11 Å². The molecule has 2 rings (SSSR count). The van der Waals surface area contributed by atoms with E-state index in [1.54, 1.807) is 12.1 Å². The van der Waals surface area contributed by atoms with Gasteiger partial charge in [0.25, 0.3) is 0 Å². The van der Waals surface area contributed by atoms with Gasteiger partial charge in [-0.05, 0) is 31.0 Å². The Kier molecular flexibility index (Phi) is 2.42. The van der Waals surface area contributed by atoms with Gasteiger partial charge in [0.05, 0.1) is 12.7 Å². The zero-order valence-electron chi connectivity index (χ0n) is 7.16. The lowest BCUT2D eigenvalue weighted by molar-refractivity contribution is 0.167. The van der Waals surface area contributed by atoms with E-state index >= 15 is 0 Å². The average Bonchev–Trinajstić information content (AvgIpc) is 2.29. The normalized spacial score (nSPS) is 21.5. The third-order valence-corrected chi connectivity index (χ3v) is 2.45. The molecule has 0 bridgehead atoms. The van der Waals surface area contributed by atoms with Crippen LogP contribution in [-0.4, -0.2) is 11.7 Å². The van der Waals surface area contributed by atoms with E-state index in [2.05, 4.69) is 0 Å². The fraction of sp³-hybridized carbons (Fsp3) is 0.400. The van der Waals surface area contributed by atoms with Crippen LogP contribution >= 0.6 is 11.6 Å². The predicted molar refractivity (Wildman–Crippen MR) is 51.1 cm³/mol. The molecule has 2 nitrogen and oxygen atoms in total. The van der Waals surface area contributed by atoms with Gasteiger partial charge in [0.1, 0.15) is 5.75 Å². The Labute approximate surface area is 82.1 Å². The maximum atomic E-state index is 9.73. The lowest BCUT2D eigenvalue weighted by Crippen LogP contribution is -1.95. The summed E-state index contributed by atoms with van der Waals surface area (Å²) in [4.78, 5) is 0. The zero-order valence-corrected chi connectivity index (χ0v) is 7.92. The van der Waals surface area contributed by atoms with Crippen molar-refractivity contribution in [2.24, 2.45) is 0 Å². The van der Waals surface area contributed by atoms with Gasteiger partial charge in [-0.25, -0.2) is 0 Å². The summed E-state index contributed by atoms with van der Waals surface area (Å²) in [6.07, 6.45) is 1.19. The molecule has 0 radical (unpaired) electrons. The second-order valence-electron chi connectivity index (χ2n) is 3.19. The van der Waals surface area contributed by atoms with Gasteiger partial charge in [-0.15, -0.1) is 0 Å². The summed E-state index contributed by atoms with van der Waals surface area (Å²) in [6, 6.07) is 5.36. The topological polar surface area (TPSA) is 29.5 Å². The molecule has 1 aliphatic heterocycles. The van der Waals surface area contributed by atoms with Crippen LogP contribution in [0.25, 0.3) is 0 Å². The van der Waals surface area contributed by atoms with Gasteiger partial charge >= 0.3 is 0 Å². The van der Waals surface area contributed by atoms with Crippen LogP contribution in [0.3, 0.4) is 0 Å². The van der Waals surface area contributed by atoms with Crippen LogP contribution in [0, 0.1) is 0 Å². The van der Waals surface area contributed by atoms with Gasteiger partial charge in [-0.2, -0.15) is 0 Å². The number of hydrogen-bond donors (Lipinski definition) is 1. The Morgan fingerprint density at radius 3 is 3.15 bits per heavy atom. The number of aliphatic hydroxyl groups excluding tert-OH is 1. The first-order chi connectivity index (χ1) is 6.27. The number of halogens is 1. The first kappa shape index (κ1) is 8.85. The molecular formula is C10H11ClO2. The van der Waals surface area contributed by atoms with Crippen LogP contribution in [0.15, 0.2) is 18.2 Å². The Bertz CT molecular complexity index is 312. The van der Waals surface area contributed by atoms with E-state index in [0.717, 1.165) is 24.2 Å². The molecular weight excluding hydrogens is 188 g/mol. The SMILES string of the molecule is OC1CCCOc2ccc(Cl)cc21. The van der Waals surface area contributed by atoms with E-state index in [1.807, 2.05) is 6.07 Å². The number of hydrogen-bond acceptors (Lipinski definition) is 2. The fourth-order valence-corrected chi connectivity index (χ4v) is 1.71. The minimum atomic E-state index is -0.434. The molecule has 0 spiro atoms. The zero-order chi connectivity index (χ0) is 9.26. The maximum absolute atomic E-state index is 9.73. The Morgan fingerprint density at radius 1 is 1.46 bits per heavy atom. The summed E-state index contributed by atoms with van der Waals surface area (Å²) in [6.45, 7) is 0.672. The van der Waals surface area contributed by atoms with Crippen LogP contribution < -0.4 is 4.74 Å². The van der Waals surface area contributed by atoms with Gasteiger partial charge < -0.3 is 9.84 Å². The highest BCUT2D eigenvalue weighted by Gasteiger charge is 2.17. The molecule has 1 heterocycles. The van der Waals surface area contributed by atoms with Crippen LogP contribution in [-0.2, 0) is 0 Å². The molecule has 0 aliphatic carbocycles. The first-order valence-electron chi connectivity index (χ1n) is 4.37. The second kappa shape index (κ2) is 3.56. The Morgan fingerprint density at radius 2 is 2.31 bits per heavy atom. The molecule has 13 heavy (non-hydrogen) atoms. The minimum Gasteiger partial charge on any atom is -0.493 e. The summed E-state index contributed by atoms with van der Waals surface area (Å²) in [5, 5.41) is 10.4. The number of ether oxygens (including phenoxy) is 1. The molecule has 1 aromatic rings. The Hall–Kier alpha value is -0.730. The molecule has 0 saturated heterocycles. The van der Waals surface area contributed by atoms with E-state index in [-0.39, 0.29) is 0 Å². The molecule has 1 N–H and O–H groups in total. The predicted octanol–water partition coefficient (Wildman–Crippen LogP) is 2.55. The third-order valence-electron chi connectivity index (χ3n) is 2.21. The third kappa shape index (κ3) is 1.79. The van der Waals surface area contributed by atoms with E-state index in [4.69, 9.17) is 16.3 Å². The van der Waals surface area contributed by atoms with Crippen molar-refractivity contribution in [1.82, 2.24) is 0 Å². The Balaban J connectivity index is 2.43. The molecule has 0 fully saturated rings. The standard InChI is InChI=1S/C10H11ClO2/c11-7-3-4-10-8(6-7)9(12)2-1-5-13-10/h3-4,6,9,12H,1-2,5H2. The number of fused-ring (bicyclic) bond motifs is 1. The molecule has 0 aromatic heterocycles. The van der Waals surface area contributed by atoms with Gasteiger partial charge in [0.2, 0.25) is 0 Å². The average molecular weight is 199 g/mol. The van der Waals surface area contributed by atoms with Crippen molar-refractivity contribution in [3.8, 4) is 5.75 Å². The second-order valence-corrected chi connectivity index (χ2v) is 3.63. The highest BCUT2D eigenvalue weighted by molar-refractivity contribution is 6.30. The van der Waals surface area contributed by atoms with Crippen LogP contribution in [0.1, 0.15) is 24.5 Å². The molecule has 1 unspecified atom stereocenters. The van der Waals surface area contributed by atoms with Crippen molar-refractivity contribution in [3.05, 3.63) is 28.8 Å². The summed E-state index contributed by atoms with van der Waals surface area (Å²) in [5.41, 5.74) is 0.810. The van der Waals surface area contributed by atoms with Crippen molar-refractivity contribution in [3.63, 3.8) is 0 Å². The molecule has 1 atom stereocenters. The van der Waals surface area contributed by atoms with Crippen molar-refractivity contribution in [1.29, 1.82) is 0 Å². The number of benzene rings is 1. The smallest absolute Gasteiger partial charge is 0.125 e. The highest BCUT2D eigenvalue weighted by atomic mass is 35.5. The lowest BCUT2D eigenvalue weighted by Gasteiger charge is -2.10. The maximum Gasteiger partial charge on any atom is 0.125 e. The number of aliphatic hydroxyl groups is 1. The lowest BCUT2D eigenvalue weighted by atomic mass is 10.1. The van der Waals surface area contributed by atoms with Crippen LogP contribution in [0.2, 0.25) is 5.02 Å². The van der Waals surface area contributed by atoms with Gasteiger partial charge in [0, 0.05) is 10.6 Å². The molecule has 70 valence electrons. The van der Waals surface area contributed by atoms with E-state index in [1.165, 1.54) is 0 Å². The number of rotatable bonds is 0. The van der Waals surface area contributed by atoms with Gasteiger partial charge in [0.15, 0.2) is 0 Å². The van der Waals surface area contributed by atoms with Gasteiger partial charge in [-0.1, -0.05) is 11.6 Å². The van der Waals surface area contributed by atoms with Crippen LogP contribution in [0.4, 0.5) is 0 Å². The highest BCUT2D eigenvalue weighted by Crippen LogP contribution is 2.33. The van der Waals surface area contributed by atoms with Crippen LogP contribution in [0.5, 0.6) is 5.75 Å². The van der Waals surface area contributed by atoms with E-state index in [0.29, 0.717) is 11.6 Å². The quantitative estimate of drug-likeness (QED) is 0.694. The van der Waals surface area contributed by atoms with Crippen molar-refractivity contribution < 1.29 is 9.84 Å². The molecule has 1 aromatic carbocycles. The molecule has 0 amide bonds. The minimum absolute atomic E-state index is 0.434.